The molecule has 4 aromatic rings. The van der Waals surface area contributed by atoms with E-state index in [1.807, 2.05) is 0 Å². The number of fused-ring (bicyclic) bond motifs is 1. The molecule has 3 aromatic heterocycles. The average molecular weight is 403 g/mol. The molecule has 0 spiro atoms. The largest absolute Gasteiger partial charge is 0.320 e. The molecule has 1 aromatic carbocycles. The van der Waals surface area contributed by atoms with Crippen LogP contribution in [0.4, 0.5) is 20.5 Å². The van der Waals surface area contributed by atoms with Gasteiger partial charge in [0.05, 0.1) is 6.20 Å². The summed E-state index contributed by atoms with van der Waals surface area (Å²) < 4.78 is 52.6. The first-order valence-corrected chi connectivity index (χ1v) is 9.27. The number of aromatic amines is 1. The molecule has 0 atom stereocenters. The number of nitrogens with zero attached hydrogens (tertiary/aromatic N) is 5. The molecule has 0 amide bonds. The zero-order valence-corrected chi connectivity index (χ0v) is 14.7. The Balaban J connectivity index is 1.80. The fourth-order valence-corrected chi connectivity index (χ4v) is 3.48. The number of hydrogen-bond donors (Lipinski definition) is 2. The molecule has 0 fully saturated rings. The van der Waals surface area contributed by atoms with E-state index in [0.717, 1.165) is 17.1 Å². The number of imidazole rings is 1. The van der Waals surface area contributed by atoms with E-state index in [1.165, 1.54) is 24.8 Å². The second-order valence-electron chi connectivity index (χ2n) is 5.51. The summed E-state index contributed by atoms with van der Waals surface area (Å²) in [5.74, 6) is -1.95. The van der Waals surface area contributed by atoms with Gasteiger partial charge in [0.25, 0.3) is 10.0 Å². The number of nitrogens with one attached hydrogen (secondary N) is 2. The minimum atomic E-state index is -4.44. The molecule has 0 aliphatic rings. The highest BCUT2D eigenvalue weighted by atomic mass is 32.2. The van der Waals surface area contributed by atoms with Crippen LogP contribution in [0, 0.1) is 11.6 Å². The minimum absolute atomic E-state index is 0.0281. The molecule has 4 rings (SSSR count). The van der Waals surface area contributed by atoms with Crippen molar-refractivity contribution in [1.29, 1.82) is 0 Å². The second kappa shape index (κ2) is 6.90. The average Bonchev–Trinajstić information content (AvgIpc) is 3.10. The third kappa shape index (κ3) is 3.37. The number of halogens is 2. The molecule has 142 valence electrons. The Kier molecular flexibility index (Phi) is 4.41. The van der Waals surface area contributed by atoms with Gasteiger partial charge in [-0.3, -0.25) is 0 Å². The summed E-state index contributed by atoms with van der Waals surface area (Å²) in [6.07, 6.45) is 4.19. The topological polar surface area (TPSA) is 117 Å². The Morgan fingerprint density at radius 3 is 2.68 bits per heavy atom. The molecule has 0 bridgehead atoms. The lowest BCUT2D eigenvalue weighted by Gasteiger charge is -2.21. The lowest BCUT2D eigenvalue weighted by Crippen LogP contribution is -2.40. The number of anilines is 2. The first kappa shape index (κ1) is 17.9. The Morgan fingerprint density at radius 1 is 1.11 bits per heavy atom. The SMILES string of the molecule is O=S(=O)(NN(c1ccccn1)c1nc2ncncc2[nH]1)c1ccc(F)cc1F. The number of rotatable bonds is 5. The zero-order valence-electron chi connectivity index (χ0n) is 13.9. The van der Waals surface area contributed by atoms with E-state index in [0.29, 0.717) is 11.6 Å². The van der Waals surface area contributed by atoms with Gasteiger partial charge in [-0.15, -0.1) is 4.83 Å². The minimum Gasteiger partial charge on any atom is -0.320 e. The molecule has 3 heterocycles. The molecule has 9 nitrogen and oxygen atoms in total. The lowest BCUT2D eigenvalue weighted by molar-refractivity contribution is 0.543. The second-order valence-corrected chi connectivity index (χ2v) is 7.14. The maximum absolute atomic E-state index is 14.0. The monoisotopic (exact) mass is 403 g/mol. The van der Waals surface area contributed by atoms with Gasteiger partial charge in [0.15, 0.2) is 11.5 Å². The fourth-order valence-electron chi connectivity index (χ4n) is 2.40. The van der Waals surface area contributed by atoms with Crippen LogP contribution in [-0.4, -0.2) is 33.3 Å². The summed E-state index contributed by atoms with van der Waals surface area (Å²) >= 11 is 0. The smallest absolute Gasteiger partial charge is 0.260 e. The molecule has 2 N–H and O–H groups in total. The van der Waals surface area contributed by atoms with Gasteiger partial charge in [-0.25, -0.2) is 37.2 Å². The highest BCUT2D eigenvalue weighted by Gasteiger charge is 2.26. The van der Waals surface area contributed by atoms with Gasteiger partial charge in [0.1, 0.15) is 28.4 Å². The number of aromatic nitrogens is 5. The number of benzene rings is 1. The highest BCUT2D eigenvalue weighted by Crippen LogP contribution is 2.23. The Labute approximate surface area is 157 Å². The Morgan fingerprint density at radius 2 is 1.96 bits per heavy atom. The van der Waals surface area contributed by atoms with Crippen molar-refractivity contribution in [2.75, 3.05) is 5.01 Å². The van der Waals surface area contributed by atoms with E-state index in [2.05, 4.69) is 29.8 Å². The number of hydrogen-bond acceptors (Lipinski definition) is 7. The maximum atomic E-state index is 14.0. The van der Waals surface area contributed by atoms with Crippen LogP contribution in [0.25, 0.3) is 11.2 Å². The highest BCUT2D eigenvalue weighted by molar-refractivity contribution is 7.89. The van der Waals surface area contributed by atoms with Crippen LogP contribution in [0.3, 0.4) is 0 Å². The quantitative estimate of drug-likeness (QED) is 0.490. The molecule has 0 radical (unpaired) electrons. The van der Waals surface area contributed by atoms with Crippen molar-refractivity contribution in [2.24, 2.45) is 0 Å². The van der Waals surface area contributed by atoms with Crippen LogP contribution in [0.1, 0.15) is 0 Å². The van der Waals surface area contributed by atoms with Crippen molar-refractivity contribution < 1.29 is 17.2 Å². The molecule has 28 heavy (non-hydrogen) atoms. The molecule has 0 saturated heterocycles. The number of H-pyrrole nitrogens is 1. The van der Waals surface area contributed by atoms with Crippen molar-refractivity contribution in [1.82, 2.24) is 29.8 Å². The van der Waals surface area contributed by atoms with Crippen molar-refractivity contribution in [2.45, 2.75) is 4.90 Å². The molecule has 12 heteroatoms. The van der Waals surface area contributed by atoms with Gasteiger partial charge in [0.2, 0.25) is 5.95 Å². The van der Waals surface area contributed by atoms with E-state index in [4.69, 9.17) is 0 Å². The normalized spacial score (nSPS) is 11.6. The van der Waals surface area contributed by atoms with Gasteiger partial charge in [0, 0.05) is 12.3 Å². The molecule has 0 saturated carbocycles. The summed E-state index contributed by atoms with van der Waals surface area (Å²) in [6, 6.07) is 6.94. The van der Waals surface area contributed by atoms with Gasteiger partial charge < -0.3 is 4.98 Å². The summed E-state index contributed by atoms with van der Waals surface area (Å²) in [6.45, 7) is 0. The fraction of sp³-hybridized carbons (Fsp3) is 0. The molecular formula is C16H11F2N7O2S. The standard InChI is InChI=1S/C16H11F2N7O2S/c17-10-4-5-13(11(18)7-10)28(26,27)24-25(14-3-1-2-6-20-14)16-22-12-8-19-9-21-15(12)23-16/h1-9,24H,(H,19,21,22,23). The van der Waals surface area contributed by atoms with E-state index in [-0.39, 0.29) is 17.4 Å². The Hall–Kier alpha value is -3.51. The zero-order chi connectivity index (χ0) is 19.7. The van der Waals surface area contributed by atoms with Crippen LogP contribution >= 0.6 is 0 Å². The molecular weight excluding hydrogens is 392 g/mol. The third-order valence-electron chi connectivity index (χ3n) is 3.63. The molecule has 0 aliphatic heterocycles. The lowest BCUT2D eigenvalue weighted by atomic mass is 10.3. The van der Waals surface area contributed by atoms with Crippen LogP contribution in [0.15, 0.2) is 60.0 Å². The molecule has 0 unspecified atom stereocenters. The van der Waals surface area contributed by atoms with Crippen LogP contribution in [0.5, 0.6) is 0 Å². The van der Waals surface area contributed by atoms with Crippen LogP contribution in [-0.2, 0) is 10.0 Å². The molecule has 0 aliphatic carbocycles. The summed E-state index contributed by atoms with van der Waals surface area (Å²) in [5.41, 5.74) is 0.740. The van der Waals surface area contributed by atoms with Gasteiger partial charge in [-0.2, -0.15) is 4.98 Å². The van der Waals surface area contributed by atoms with Crippen molar-refractivity contribution in [3.63, 3.8) is 0 Å². The van der Waals surface area contributed by atoms with E-state index >= 15 is 0 Å². The number of sulfonamides is 1. The van der Waals surface area contributed by atoms with Crippen molar-refractivity contribution in [3.8, 4) is 0 Å². The number of hydrazine groups is 1. The number of pyridine rings is 1. The predicted octanol–water partition coefficient (Wildman–Crippen LogP) is 2.06. The predicted molar refractivity (Wildman–Crippen MR) is 94.7 cm³/mol. The van der Waals surface area contributed by atoms with Crippen molar-refractivity contribution in [3.05, 3.63) is 66.8 Å². The van der Waals surface area contributed by atoms with Crippen LogP contribution < -0.4 is 9.84 Å². The van der Waals surface area contributed by atoms with E-state index in [1.54, 1.807) is 12.1 Å². The summed E-state index contributed by atoms with van der Waals surface area (Å²) in [4.78, 5) is 20.5. The van der Waals surface area contributed by atoms with Gasteiger partial charge in [-0.1, -0.05) is 6.07 Å². The first-order chi connectivity index (χ1) is 13.4. The van der Waals surface area contributed by atoms with E-state index in [9.17, 15) is 17.2 Å². The third-order valence-corrected chi connectivity index (χ3v) is 4.97. The van der Waals surface area contributed by atoms with Crippen LogP contribution in [0.2, 0.25) is 0 Å². The Bertz CT molecular complexity index is 1220. The maximum Gasteiger partial charge on any atom is 0.260 e. The van der Waals surface area contributed by atoms with Gasteiger partial charge in [-0.05, 0) is 24.3 Å². The van der Waals surface area contributed by atoms with E-state index < -0.39 is 26.6 Å². The van der Waals surface area contributed by atoms with Gasteiger partial charge >= 0.3 is 0 Å². The van der Waals surface area contributed by atoms with Crippen molar-refractivity contribution >= 4 is 33.0 Å². The first-order valence-electron chi connectivity index (χ1n) is 7.78. The summed E-state index contributed by atoms with van der Waals surface area (Å²) in [7, 11) is -4.44. The summed E-state index contributed by atoms with van der Waals surface area (Å²) in [5, 5.41) is 1.01.